The number of carbonyl (C=O) groups is 1. The van der Waals surface area contributed by atoms with E-state index in [0.29, 0.717) is 5.02 Å². The summed E-state index contributed by atoms with van der Waals surface area (Å²) in [5.74, 6) is 1.58. The van der Waals surface area contributed by atoms with Crippen LogP contribution in [0, 0.1) is 0 Å². The van der Waals surface area contributed by atoms with E-state index in [9.17, 15) is 4.79 Å². The fourth-order valence-electron chi connectivity index (χ4n) is 3.80. The van der Waals surface area contributed by atoms with Gasteiger partial charge in [0.25, 0.3) is 5.91 Å². The number of nitrogens with one attached hydrogen (secondary N) is 2. The summed E-state index contributed by atoms with van der Waals surface area (Å²) in [5.41, 5.74) is 1.88. The zero-order chi connectivity index (χ0) is 19.4. The van der Waals surface area contributed by atoms with Crippen molar-refractivity contribution in [3.8, 4) is 11.5 Å². The van der Waals surface area contributed by atoms with E-state index < -0.39 is 0 Å². The second kappa shape index (κ2) is 8.63. The van der Waals surface area contributed by atoms with Gasteiger partial charge >= 0.3 is 0 Å². The molecule has 1 unspecified atom stereocenters. The second-order valence-corrected chi connectivity index (χ2v) is 7.28. The Bertz CT molecular complexity index is 795. The Balaban J connectivity index is 1.77. The molecule has 0 aromatic heterocycles. The van der Waals surface area contributed by atoms with Crippen LogP contribution in [-0.4, -0.2) is 32.7 Å². The first-order chi connectivity index (χ1) is 13.0. The molecule has 0 bridgehead atoms. The minimum Gasteiger partial charge on any atom is -0.497 e. The highest BCUT2D eigenvalue weighted by atomic mass is 35.5. The molecule has 3 atom stereocenters. The maximum atomic E-state index is 12.8. The van der Waals surface area contributed by atoms with Crippen molar-refractivity contribution in [2.24, 2.45) is 0 Å². The summed E-state index contributed by atoms with van der Waals surface area (Å²) in [4.78, 5) is 14.1. The Kier molecular flexibility index (Phi) is 6.24. The molecule has 144 valence electrons. The van der Waals surface area contributed by atoms with Gasteiger partial charge in [0.1, 0.15) is 17.5 Å². The molecule has 2 aromatic carbocycles. The van der Waals surface area contributed by atoms with E-state index in [2.05, 4.69) is 11.4 Å². The highest BCUT2D eigenvalue weighted by molar-refractivity contribution is 6.30. The lowest BCUT2D eigenvalue weighted by Gasteiger charge is -2.28. The number of amides is 1. The summed E-state index contributed by atoms with van der Waals surface area (Å²) in [6, 6.07) is 13.1. The van der Waals surface area contributed by atoms with E-state index >= 15 is 0 Å². The molecule has 0 saturated carbocycles. The first kappa shape index (κ1) is 19.5. The van der Waals surface area contributed by atoms with Crippen LogP contribution in [0.4, 0.5) is 5.69 Å². The Morgan fingerprint density at radius 1 is 1.19 bits per heavy atom. The lowest BCUT2D eigenvalue weighted by molar-refractivity contribution is -0.932. The molecule has 1 saturated heterocycles. The Morgan fingerprint density at radius 2 is 1.93 bits per heavy atom. The van der Waals surface area contributed by atoms with Gasteiger partial charge in [-0.2, -0.15) is 0 Å². The monoisotopic (exact) mass is 389 g/mol. The van der Waals surface area contributed by atoms with Crippen molar-refractivity contribution in [2.45, 2.75) is 31.8 Å². The standard InChI is InChI=1S/C21H25ClN2O3/c1-14(21(25)23-16-8-6-15(22)7-9-16)24-12-4-5-19(24)18-11-10-17(26-2)13-20(18)27-3/h6-11,13-14,19H,4-5,12H2,1-3H3,(H,23,25)/p+1/t14-,19-/m1/s1. The number of rotatable bonds is 6. The van der Waals surface area contributed by atoms with Crippen molar-refractivity contribution < 1.29 is 19.2 Å². The van der Waals surface area contributed by atoms with Crippen molar-refractivity contribution in [2.75, 3.05) is 26.1 Å². The third kappa shape index (κ3) is 4.37. The third-order valence-electron chi connectivity index (χ3n) is 5.28. The van der Waals surface area contributed by atoms with Crippen LogP contribution in [0.2, 0.25) is 5.02 Å². The number of hydrogen-bond acceptors (Lipinski definition) is 3. The van der Waals surface area contributed by atoms with Crippen LogP contribution < -0.4 is 19.7 Å². The van der Waals surface area contributed by atoms with Crippen LogP contribution in [0.5, 0.6) is 11.5 Å². The van der Waals surface area contributed by atoms with E-state index in [1.807, 2.05) is 31.2 Å². The van der Waals surface area contributed by atoms with E-state index in [1.165, 1.54) is 4.90 Å². The first-order valence-corrected chi connectivity index (χ1v) is 9.55. The number of likely N-dealkylation sites (tertiary alicyclic amines) is 1. The summed E-state index contributed by atoms with van der Waals surface area (Å²) < 4.78 is 10.9. The van der Waals surface area contributed by atoms with Crippen molar-refractivity contribution in [1.29, 1.82) is 0 Å². The summed E-state index contributed by atoms with van der Waals surface area (Å²) in [5, 5.41) is 3.65. The number of methoxy groups -OCH3 is 2. The minimum absolute atomic E-state index is 0.00620. The van der Waals surface area contributed by atoms with Gasteiger partial charge < -0.3 is 19.7 Å². The minimum atomic E-state index is -0.181. The number of ether oxygens (including phenoxy) is 2. The topological polar surface area (TPSA) is 52.0 Å². The lowest BCUT2D eigenvalue weighted by Crippen LogP contribution is -3.15. The van der Waals surface area contributed by atoms with Gasteiger partial charge in [0, 0.05) is 29.6 Å². The maximum Gasteiger partial charge on any atom is 0.282 e. The molecule has 2 N–H and O–H groups in total. The molecule has 1 amide bonds. The van der Waals surface area contributed by atoms with Gasteiger partial charge in [0.2, 0.25) is 0 Å². The average Bonchev–Trinajstić information content (AvgIpc) is 3.18. The van der Waals surface area contributed by atoms with Crippen LogP contribution in [0.15, 0.2) is 42.5 Å². The van der Waals surface area contributed by atoms with E-state index in [1.54, 1.807) is 26.4 Å². The van der Waals surface area contributed by atoms with E-state index in [0.717, 1.165) is 42.1 Å². The van der Waals surface area contributed by atoms with E-state index in [4.69, 9.17) is 21.1 Å². The smallest absolute Gasteiger partial charge is 0.282 e. The number of halogens is 1. The zero-order valence-electron chi connectivity index (χ0n) is 15.9. The molecule has 2 aromatic rings. The van der Waals surface area contributed by atoms with Gasteiger partial charge in [-0.25, -0.2) is 0 Å². The highest BCUT2D eigenvalue weighted by Crippen LogP contribution is 2.32. The molecule has 0 aliphatic carbocycles. The van der Waals surface area contributed by atoms with Gasteiger partial charge in [0.05, 0.1) is 26.3 Å². The fraction of sp³-hybridized carbons (Fsp3) is 0.381. The van der Waals surface area contributed by atoms with Gasteiger partial charge in [-0.05, 0) is 43.3 Å². The molecule has 1 aliphatic heterocycles. The predicted octanol–water partition coefficient (Wildman–Crippen LogP) is 3.10. The van der Waals surface area contributed by atoms with Crippen molar-refractivity contribution in [3.63, 3.8) is 0 Å². The molecule has 1 heterocycles. The quantitative estimate of drug-likeness (QED) is 0.798. The SMILES string of the molecule is COc1ccc([C@H]2CCC[NH+]2[C@H](C)C(=O)Nc2ccc(Cl)cc2)c(OC)c1. The van der Waals surface area contributed by atoms with E-state index in [-0.39, 0.29) is 18.0 Å². The predicted molar refractivity (Wildman–Crippen MR) is 107 cm³/mol. The number of anilines is 1. The van der Waals surface area contributed by atoms with Gasteiger partial charge in [-0.3, -0.25) is 4.79 Å². The molecule has 0 radical (unpaired) electrons. The fourth-order valence-corrected chi connectivity index (χ4v) is 3.93. The summed E-state index contributed by atoms with van der Waals surface area (Å²) in [7, 11) is 3.31. The average molecular weight is 390 g/mol. The molecule has 27 heavy (non-hydrogen) atoms. The number of quaternary nitrogens is 1. The molecule has 1 aliphatic rings. The largest absolute Gasteiger partial charge is 0.497 e. The zero-order valence-corrected chi connectivity index (χ0v) is 16.7. The third-order valence-corrected chi connectivity index (χ3v) is 5.54. The normalized spacial score (nSPS) is 20.1. The first-order valence-electron chi connectivity index (χ1n) is 9.17. The molecule has 3 rings (SSSR count). The van der Waals surface area contributed by atoms with Crippen LogP contribution in [0.25, 0.3) is 0 Å². The summed E-state index contributed by atoms with van der Waals surface area (Å²) in [6.45, 7) is 2.93. The van der Waals surface area contributed by atoms with Crippen molar-refractivity contribution in [1.82, 2.24) is 0 Å². The Hall–Kier alpha value is -2.24. The van der Waals surface area contributed by atoms with Crippen molar-refractivity contribution >= 4 is 23.2 Å². The maximum absolute atomic E-state index is 12.8. The van der Waals surface area contributed by atoms with Crippen LogP contribution in [0.1, 0.15) is 31.4 Å². The van der Waals surface area contributed by atoms with Crippen LogP contribution in [-0.2, 0) is 4.79 Å². The van der Waals surface area contributed by atoms with Crippen LogP contribution in [0.3, 0.4) is 0 Å². The molecule has 5 nitrogen and oxygen atoms in total. The van der Waals surface area contributed by atoms with Crippen LogP contribution >= 0.6 is 11.6 Å². The Labute approximate surface area is 165 Å². The van der Waals surface area contributed by atoms with Gasteiger partial charge in [-0.15, -0.1) is 0 Å². The molecular formula is C21H26ClN2O3+. The summed E-state index contributed by atoms with van der Waals surface area (Å²) >= 11 is 5.91. The highest BCUT2D eigenvalue weighted by Gasteiger charge is 2.38. The van der Waals surface area contributed by atoms with Gasteiger partial charge in [-0.1, -0.05) is 11.6 Å². The second-order valence-electron chi connectivity index (χ2n) is 6.85. The number of carbonyl (C=O) groups excluding carboxylic acids is 1. The molecule has 6 heteroatoms. The lowest BCUT2D eigenvalue weighted by atomic mass is 10.0. The van der Waals surface area contributed by atoms with Gasteiger partial charge in [0.15, 0.2) is 6.04 Å². The molecule has 0 spiro atoms. The molecular weight excluding hydrogens is 364 g/mol. The Morgan fingerprint density at radius 3 is 2.59 bits per heavy atom. The number of hydrogen-bond donors (Lipinski definition) is 2. The van der Waals surface area contributed by atoms with Crippen molar-refractivity contribution in [3.05, 3.63) is 53.1 Å². The molecule has 1 fully saturated rings. The number of benzene rings is 2. The summed E-state index contributed by atoms with van der Waals surface area (Å²) in [6.07, 6.45) is 2.10.